The Bertz CT molecular complexity index is 420. The number of nitrogens with zero attached hydrogens (tertiary/aromatic N) is 1. The minimum atomic E-state index is 0.158. The predicted molar refractivity (Wildman–Crippen MR) is 69.0 cm³/mol. The minimum Gasteiger partial charge on any atom is -0.348 e. The lowest BCUT2D eigenvalue weighted by Crippen LogP contribution is -2.36. The zero-order valence-electron chi connectivity index (χ0n) is 10.7. The molecule has 98 valence electrons. The normalized spacial score (nSPS) is 24.6. The molecule has 4 nitrogen and oxygen atoms in total. The number of hydrogen-bond donors (Lipinski definition) is 2. The van der Waals surface area contributed by atoms with Crippen molar-refractivity contribution in [2.75, 3.05) is 0 Å². The maximum absolute atomic E-state index is 12.3. The fourth-order valence-corrected chi connectivity index (χ4v) is 3.26. The van der Waals surface area contributed by atoms with Crippen molar-refractivity contribution in [2.45, 2.75) is 57.4 Å². The quantitative estimate of drug-likeness (QED) is 0.843. The van der Waals surface area contributed by atoms with Gasteiger partial charge in [0.05, 0.1) is 17.9 Å². The number of aromatic nitrogens is 2. The molecule has 0 spiro atoms. The van der Waals surface area contributed by atoms with Gasteiger partial charge < -0.3 is 5.32 Å². The van der Waals surface area contributed by atoms with Gasteiger partial charge in [0.25, 0.3) is 0 Å². The summed E-state index contributed by atoms with van der Waals surface area (Å²) in [6.45, 7) is 0. The summed E-state index contributed by atoms with van der Waals surface area (Å²) >= 11 is 0. The Morgan fingerprint density at radius 1 is 1.22 bits per heavy atom. The fourth-order valence-electron chi connectivity index (χ4n) is 3.26. The molecule has 1 unspecified atom stereocenters. The Hall–Kier alpha value is -1.32. The summed E-state index contributed by atoms with van der Waals surface area (Å²) in [5.41, 5.74) is 2.40. The van der Waals surface area contributed by atoms with E-state index in [4.69, 9.17) is 0 Å². The maximum atomic E-state index is 12.3. The van der Waals surface area contributed by atoms with E-state index in [1.807, 2.05) is 6.20 Å². The second-order valence-electron chi connectivity index (χ2n) is 5.60. The number of H-pyrrole nitrogens is 1. The molecule has 1 atom stereocenters. The van der Waals surface area contributed by atoms with Crippen molar-refractivity contribution in [2.24, 2.45) is 5.92 Å². The Balaban J connectivity index is 1.65. The van der Waals surface area contributed by atoms with Crippen LogP contribution in [0.15, 0.2) is 6.20 Å². The van der Waals surface area contributed by atoms with Crippen LogP contribution in [0.4, 0.5) is 0 Å². The van der Waals surface area contributed by atoms with Crippen molar-refractivity contribution in [1.29, 1.82) is 0 Å². The van der Waals surface area contributed by atoms with Gasteiger partial charge in [0.2, 0.25) is 5.91 Å². The molecule has 1 amide bonds. The van der Waals surface area contributed by atoms with Crippen molar-refractivity contribution < 1.29 is 4.79 Å². The van der Waals surface area contributed by atoms with Crippen LogP contribution >= 0.6 is 0 Å². The summed E-state index contributed by atoms with van der Waals surface area (Å²) in [4.78, 5) is 12.3. The van der Waals surface area contributed by atoms with Crippen LogP contribution in [0.25, 0.3) is 0 Å². The van der Waals surface area contributed by atoms with E-state index < -0.39 is 0 Å². The second-order valence-corrected chi connectivity index (χ2v) is 5.60. The highest BCUT2D eigenvalue weighted by Gasteiger charge is 2.27. The lowest BCUT2D eigenvalue weighted by Gasteiger charge is -2.27. The van der Waals surface area contributed by atoms with Crippen LogP contribution in [-0.2, 0) is 11.2 Å². The largest absolute Gasteiger partial charge is 0.348 e. The van der Waals surface area contributed by atoms with Crippen molar-refractivity contribution in [3.8, 4) is 0 Å². The molecule has 1 fully saturated rings. The Morgan fingerprint density at radius 2 is 2.06 bits per heavy atom. The van der Waals surface area contributed by atoms with Gasteiger partial charge in [-0.1, -0.05) is 19.3 Å². The molecule has 0 bridgehead atoms. The fraction of sp³-hybridized carbons (Fsp3) is 0.714. The highest BCUT2D eigenvalue weighted by molar-refractivity contribution is 5.79. The first-order chi connectivity index (χ1) is 8.84. The molecule has 2 aliphatic rings. The van der Waals surface area contributed by atoms with Gasteiger partial charge >= 0.3 is 0 Å². The molecule has 0 saturated heterocycles. The molecule has 2 aliphatic carbocycles. The van der Waals surface area contributed by atoms with Crippen LogP contribution in [0, 0.1) is 5.92 Å². The standard InChI is InChI=1S/C14H21N3O/c18-14(10-5-2-1-3-6-10)16-12-8-4-7-11-9-15-17-13(11)12/h9-10,12H,1-8H2,(H,15,17)(H,16,18). The monoisotopic (exact) mass is 247 g/mol. The molecule has 4 heteroatoms. The molecule has 18 heavy (non-hydrogen) atoms. The van der Waals surface area contributed by atoms with Gasteiger partial charge in [0.15, 0.2) is 0 Å². The number of carbonyl (C=O) groups is 1. The van der Waals surface area contributed by atoms with Gasteiger partial charge in [-0.2, -0.15) is 5.10 Å². The lowest BCUT2D eigenvalue weighted by atomic mass is 9.87. The van der Waals surface area contributed by atoms with Crippen molar-refractivity contribution in [1.82, 2.24) is 15.5 Å². The van der Waals surface area contributed by atoms with Gasteiger partial charge in [-0.3, -0.25) is 9.89 Å². The van der Waals surface area contributed by atoms with Crippen LogP contribution in [0.2, 0.25) is 0 Å². The van der Waals surface area contributed by atoms with Crippen LogP contribution < -0.4 is 5.32 Å². The summed E-state index contributed by atoms with van der Waals surface area (Å²) in [6, 6.07) is 0.158. The summed E-state index contributed by atoms with van der Waals surface area (Å²) < 4.78 is 0. The number of amides is 1. The first-order valence-corrected chi connectivity index (χ1v) is 7.17. The van der Waals surface area contributed by atoms with Gasteiger partial charge in [-0.15, -0.1) is 0 Å². The SMILES string of the molecule is O=C(NC1CCCc2cn[nH]c21)C1CCCCC1. The second kappa shape index (κ2) is 5.12. The summed E-state index contributed by atoms with van der Waals surface area (Å²) in [5, 5.41) is 10.4. The maximum Gasteiger partial charge on any atom is 0.223 e. The number of carbonyl (C=O) groups excluding carboxylic acids is 1. The van der Waals surface area contributed by atoms with Gasteiger partial charge in [-0.25, -0.2) is 0 Å². The van der Waals surface area contributed by atoms with E-state index in [-0.39, 0.29) is 17.9 Å². The summed E-state index contributed by atoms with van der Waals surface area (Å²) in [5.74, 6) is 0.495. The molecule has 2 N–H and O–H groups in total. The summed E-state index contributed by atoms with van der Waals surface area (Å²) in [6.07, 6.45) is 11.0. The lowest BCUT2D eigenvalue weighted by molar-refractivity contribution is -0.126. The first-order valence-electron chi connectivity index (χ1n) is 7.17. The Morgan fingerprint density at radius 3 is 2.89 bits per heavy atom. The van der Waals surface area contributed by atoms with E-state index in [0.29, 0.717) is 0 Å². The molecular formula is C14H21N3O. The van der Waals surface area contributed by atoms with Crippen LogP contribution in [0.5, 0.6) is 0 Å². The Kier molecular flexibility index (Phi) is 3.35. The molecule has 0 aromatic carbocycles. The van der Waals surface area contributed by atoms with Crippen molar-refractivity contribution in [3.05, 3.63) is 17.5 Å². The van der Waals surface area contributed by atoms with Crippen LogP contribution in [-0.4, -0.2) is 16.1 Å². The zero-order valence-corrected chi connectivity index (χ0v) is 10.7. The highest BCUT2D eigenvalue weighted by Crippen LogP contribution is 2.29. The van der Waals surface area contributed by atoms with E-state index in [1.54, 1.807) is 0 Å². The Labute approximate surface area is 108 Å². The van der Waals surface area contributed by atoms with Crippen molar-refractivity contribution in [3.63, 3.8) is 0 Å². The topological polar surface area (TPSA) is 57.8 Å². The number of rotatable bonds is 2. The van der Waals surface area contributed by atoms with E-state index in [2.05, 4.69) is 15.5 Å². The third-order valence-electron chi connectivity index (χ3n) is 4.33. The summed E-state index contributed by atoms with van der Waals surface area (Å²) in [7, 11) is 0. The zero-order chi connectivity index (χ0) is 12.4. The van der Waals surface area contributed by atoms with E-state index in [1.165, 1.54) is 24.8 Å². The first kappa shape index (κ1) is 11.8. The molecule has 1 saturated carbocycles. The molecule has 1 aromatic heterocycles. The predicted octanol–water partition coefficient (Wildman–Crippen LogP) is 2.48. The average molecular weight is 247 g/mol. The molecule has 0 radical (unpaired) electrons. The van der Waals surface area contributed by atoms with Gasteiger partial charge in [0, 0.05) is 5.92 Å². The number of fused-ring (bicyclic) bond motifs is 1. The smallest absolute Gasteiger partial charge is 0.223 e. The number of nitrogens with one attached hydrogen (secondary N) is 2. The molecule has 0 aliphatic heterocycles. The van der Waals surface area contributed by atoms with Gasteiger partial charge in [-0.05, 0) is 37.7 Å². The third-order valence-corrected chi connectivity index (χ3v) is 4.33. The number of hydrogen-bond acceptors (Lipinski definition) is 2. The van der Waals surface area contributed by atoms with Crippen LogP contribution in [0.3, 0.4) is 0 Å². The van der Waals surface area contributed by atoms with E-state index >= 15 is 0 Å². The number of aromatic amines is 1. The average Bonchev–Trinajstić information content (AvgIpc) is 2.89. The van der Waals surface area contributed by atoms with Crippen molar-refractivity contribution >= 4 is 5.91 Å². The van der Waals surface area contributed by atoms with Crippen LogP contribution in [0.1, 0.15) is 62.2 Å². The molecule has 1 aromatic rings. The number of aryl methyl sites for hydroxylation is 1. The minimum absolute atomic E-state index is 0.158. The van der Waals surface area contributed by atoms with E-state index in [9.17, 15) is 4.79 Å². The molecule has 3 rings (SSSR count). The van der Waals surface area contributed by atoms with E-state index in [0.717, 1.165) is 37.8 Å². The van der Waals surface area contributed by atoms with Gasteiger partial charge in [0.1, 0.15) is 0 Å². The highest BCUT2D eigenvalue weighted by atomic mass is 16.1. The third kappa shape index (κ3) is 2.28. The molecular weight excluding hydrogens is 226 g/mol. The molecule has 1 heterocycles.